The summed E-state index contributed by atoms with van der Waals surface area (Å²) in [5.41, 5.74) is 2.00. The average molecular weight is 257 g/mol. The van der Waals surface area contributed by atoms with Crippen LogP contribution in [0.1, 0.15) is 5.56 Å². The van der Waals surface area contributed by atoms with Crippen molar-refractivity contribution in [2.45, 2.75) is 6.92 Å². The molecule has 1 heterocycles. The van der Waals surface area contributed by atoms with Crippen LogP contribution in [0.4, 0.5) is 0 Å². The molecule has 96 valence electrons. The van der Waals surface area contributed by atoms with Crippen molar-refractivity contribution in [3.63, 3.8) is 0 Å². The maximum atomic E-state index is 9.91. The molecule has 0 spiro atoms. The Morgan fingerprint density at radius 2 is 1.79 bits per heavy atom. The fourth-order valence-corrected chi connectivity index (χ4v) is 2.00. The van der Waals surface area contributed by atoms with Crippen LogP contribution in [0.2, 0.25) is 0 Å². The van der Waals surface area contributed by atoms with Gasteiger partial charge >= 0.3 is 0 Å². The molecule has 19 heavy (non-hydrogen) atoms. The van der Waals surface area contributed by atoms with Crippen LogP contribution in [0.15, 0.2) is 34.9 Å². The predicted octanol–water partition coefficient (Wildman–Crippen LogP) is 2.92. The minimum atomic E-state index is -0.0774. The lowest BCUT2D eigenvalue weighted by molar-refractivity contribution is 0.443. The van der Waals surface area contributed by atoms with Crippen molar-refractivity contribution in [1.82, 2.24) is 5.16 Å². The molecule has 5 heteroatoms. The SMILES string of the molecule is Cc1cc(-c2noc3cc(O)ccc23)c(O)cc1O. The van der Waals surface area contributed by atoms with Gasteiger partial charge in [0.1, 0.15) is 22.9 Å². The summed E-state index contributed by atoms with van der Waals surface area (Å²) in [4.78, 5) is 0. The van der Waals surface area contributed by atoms with Crippen LogP contribution in [0.3, 0.4) is 0 Å². The molecule has 0 saturated heterocycles. The molecule has 0 bridgehead atoms. The van der Waals surface area contributed by atoms with E-state index in [1.54, 1.807) is 19.1 Å². The number of rotatable bonds is 1. The maximum absolute atomic E-state index is 9.91. The van der Waals surface area contributed by atoms with Gasteiger partial charge < -0.3 is 19.8 Å². The van der Waals surface area contributed by atoms with Crippen molar-refractivity contribution in [2.75, 3.05) is 0 Å². The Kier molecular flexibility index (Phi) is 2.35. The third-order valence-electron chi connectivity index (χ3n) is 3.02. The first-order chi connectivity index (χ1) is 9.06. The van der Waals surface area contributed by atoms with Gasteiger partial charge in [-0.2, -0.15) is 0 Å². The van der Waals surface area contributed by atoms with E-state index >= 15 is 0 Å². The first-order valence-corrected chi connectivity index (χ1v) is 5.67. The van der Waals surface area contributed by atoms with E-state index in [0.29, 0.717) is 27.8 Å². The topological polar surface area (TPSA) is 86.7 Å². The third-order valence-corrected chi connectivity index (χ3v) is 3.02. The molecule has 1 aromatic heterocycles. The summed E-state index contributed by atoms with van der Waals surface area (Å²) in [6, 6.07) is 7.54. The highest BCUT2D eigenvalue weighted by atomic mass is 16.5. The Hall–Kier alpha value is -2.69. The van der Waals surface area contributed by atoms with Gasteiger partial charge in [0.05, 0.1) is 5.39 Å². The minimum Gasteiger partial charge on any atom is -0.508 e. The monoisotopic (exact) mass is 257 g/mol. The van der Waals surface area contributed by atoms with E-state index in [4.69, 9.17) is 4.52 Å². The van der Waals surface area contributed by atoms with Gasteiger partial charge in [0.15, 0.2) is 5.58 Å². The van der Waals surface area contributed by atoms with Crippen molar-refractivity contribution >= 4 is 11.0 Å². The molecule has 0 atom stereocenters. The highest BCUT2D eigenvalue weighted by Crippen LogP contribution is 2.37. The zero-order valence-electron chi connectivity index (χ0n) is 10.1. The van der Waals surface area contributed by atoms with Crippen LogP contribution in [-0.2, 0) is 0 Å². The normalized spacial score (nSPS) is 11.0. The Morgan fingerprint density at radius 3 is 2.58 bits per heavy atom. The van der Waals surface area contributed by atoms with Crippen LogP contribution in [0.25, 0.3) is 22.2 Å². The molecule has 0 aliphatic carbocycles. The zero-order valence-corrected chi connectivity index (χ0v) is 10.1. The molecule has 3 N–H and O–H groups in total. The van der Waals surface area contributed by atoms with Gasteiger partial charge in [0.25, 0.3) is 0 Å². The average Bonchev–Trinajstić information content (AvgIpc) is 2.76. The van der Waals surface area contributed by atoms with Crippen LogP contribution in [0, 0.1) is 6.92 Å². The third kappa shape index (κ3) is 1.76. The Morgan fingerprint density at radius 1 is 1.00 bits per heavy atom. The molecule has 0 amide bonds. The molecule has 0 radical (unpaired) electrons. The van der Waals surface area contributed by atoms with Crippen LogP contribution >= 0.6 is 0 Å². The van der Waals surface area contributed by atoms with E-state index in [0.717, 1.165) is 0 Å². The Bertz CT molecular complexity index is 776. The molecular formula is C14H11NO4. The van der Waals surface area contributed by atoms with Gasteiger partial charge in [-0.25, -0.2) is 0 Å². The predicted molar refractivity (Wildman–Crippen MR) is 69.2 cm³/mol. The second-order valence-corrected chi connectivity index (χ2v) is 4.37. The lowest BCUT2D eigenvalue weighted by Crippen LogP contribution is -1.83. The smallest absolute Gasteiger partial charge is 0.171 e. The van der Waals surface area contributed by atoms with Gasteiger partial charge in [-0.1, -0.05) is 5.16 Å². The second kappa shape index (κ2) is 3.91. The number of nitrogens with zero attached hydrogens (tertiary/aromatic N) is 1. The van der Waals surface area contributed by atoms with Crippen molar-refractivity contribution < 1.29 is 19.8 Å². The molecular weight excluding hydrogens is 246 g/mol. The summed E-state index contributed by atoms with van der Waals surface area (Å²) < 4.78 is 5.13. The number of hydrogen-bond donors (Lipinski definition) is 3. The standard InChI is InChI=1S/C14H11NO4/c1-7-4-10(12(18)6-11(7)17)14-9-3-2-8(16)5-13(9)19-15-14/h2-6,16-18H,1H3. The first kappa shape index (κ1) is 11.4. The summed E-state index contributed by atoms with van der Waals surface area (Å²) in [6.45, 7) is 1.73. The van der Waals surface area contributed by atoms with E-state index < -0.39 is 0 Å². The Balaban J connectivity index is 2.28. The number of phenolic OH excluding ortho intramolecular Hbond substituents is 3. The fraction of sp³-hybridized carbons (Fsp3) is 0.0714. The molecule has 0 aliphatic heterocycles. The fourth-order valence-electron chi connectivity index (χ4n) is 2.00. The lowest BCUT2D eigenvalue weighted by Gasteiger charge is -2.05. The molecule has 0 aliphatic rings. The van der Waals surface area contributed by atoms with Crippen molar-refractivity contribution in [2.24, 2.45) is 0 Å². The molecule has 5 nitrogen and oxygen atoms in total. The lowest BCUT2D eigenvalue weighted by atomic mass is 10.0. The molecule has 0 fully saturated rings. The van der Waals surface area contributed by atoms with Crippen LogP contribution in [-0.4, -0.2) is 20.5 Å². The number of benzene rings is 2. The summed E-state index contributed by atoms with van der Waals surface area (Å²) in [6.07, 6.45) is 0. The van der Waals surface area contributed by atoms with E-state index in [-0.39, 0.29) is 17.2 Å². The van der Waals surface area contributed by atoms with E-state index in [9.17, 15) is 15.3 Å². The quantitative estimate of drug-likeness (QED) is 0.624. The number of aryl methyl sites for hydroxylation is 1. The summed E-state index contributed by atoms with van der Waals surface area (Å²) in [5, 5.41) is 33.4. The molecule has 2 aromatic carbocycles. The zero-order chi connectivity index (χ0) is 13.6. The largest absolute Gasteiger partial charge is 0.508 e. The van der Waals surface area contributed by atoms with Gasteiger partial charge in [0, 0.05) is 17.7 Å². The summed E-state index contributed by atoms with van der Waals surface area (Å²) in [5.74, 6) is 0.0272. The number of phenols is 3. The van der Waals surface area contributed by atoms with E-state index in [1.807, 2.05) is 0 Å². The van der Waals surface area contributed by atoms with Crippen LogP contribution in [0.5, 0.6) is 17.2 Å². The molecule has 0 unspecified atom stereocenters. The molecule has 0 saturated carbocycles. The Labute approximate surface area is 108 Å². The van der Waals surface area contributed by atoms with E-state index in [2.05, 4.69) is 5.16 Å². The number of fused-ring (bicyclic) bond motifs is 1. The van der Waals surface area contributed by atoms with Crippen molar-refractivity contribution in [3.8, 4) is 28.5 Å². The van der Waals surface area contributed by atoms with Crippen molar-refractivity contribution in [3.05, 3.63) is 35.9 Å². The van der Waals surface area contributed by atoms with Gasteiger partial charge in [-0.3, -0.25) is 0 Å². The number of aromatic nitrogens is 1. The number of aromatic hydroxyl groups is 3. The summed E-state index contributed by atoms with van der Waals surface area (Å²) >= 11 is 0. The molecule has 3 rings (SSSR count). The first-order valence-electron chi connectivity index (χ1n) is 5.67. The minimum absolute atomic E-state index is 0.0201. The van der Waals surface area contributed by atoms with Crippen molar-refractivity contribution in [1.29, 1.82) is 0 Å². The maximum Gasteiger partial charge on any atom is 0.171 e. The highest BCUT2D eigenvalue weighted by Gasteiger charge is 2.15. The highest BCUT2D eigenvalue weighted by molar-refractivity contribution is 5.93. The van der Waals surface area contributed by atoms with Gasteiger partial charge in [0.2, 0.25) is 0 Å². The van der Waals surface area contributed by atoms with E-state index in [1.165, 1.54) is 18.2 Å². The van der Waals surface area contributed by atoms with Crippen LogP contribution < -0.4 is 0 Å². The number of hydrogen-bond acceptors (Lipinski definition) is 5. The summed E-state index contributed by atoms with van der Waals surface area (Å²) in [7, 11) is 0. The molecule has 3 aromatic rings. The second-order valence-electron chi connectivity index (χ2n) is 4.37. The van der Waals surface area contributed by atoms with Gasteiger partial charge in [-0.05, 0) is 30.7 Å². The van der Waals surface area contributed by atoms with Gasteiger partial charge in [-0.15, -0.1) is 0 Å².